The van der Waals surface area contributed by atoms with Crippen LogP contribution >= 0.6 is 0 Å². The lowest BCUT2D eigenvalue weighted by atomic mass is 10.3. The van der Waals surface area contributed by atoms with Crippen LogP contribution in [-0.4, -0.2) is 6.54 Å². The van der Waals surface area contributed by atoms with Crippen molar-refractivity contribution < 1.29 is 0 Å². The van der Waals surface area contributed by atoms with E-state index in [0.717, 1.165) is 6.42 Å². The molecular weight excluding hydrogens is 76.1 g/mol. The standard InChI is InChI=1S/C4H7N2/c5-3-1-2-4-6/h5H,1-3H2. The second kappa shape index (κ2) is 4.45. The number of rotatable bonds is 2. The normalized spacial score (nSPS) is 7.33. The minimum atomic E-state index is 0.383. The van der Waals surface area contributed by atoms with Crippen LogP contribution in [0.2, 0.25) is 0 Å². The predicted molar refractivity (Wildman–Crippen MR) is 22.8 cm³/mol. The molecule has 0 aromatic carbocycles. The van der Waals surface area contributed by atoms with Gasteiger partial charge in [0.15, 0.2) is 0 Å². The molecule has 0 amide bonds. The zero-order valence-corrected chi connectivity index (χ0v) is 3.57. The van der Waals surface area contributed by atoms with Crippen LogP contribution in [0.4, 0.5) is 0 Å². The molecule has 0 aliphatic heterocycles. The van der Waals surface area contributed by atoms with Crippen LogP contribution in [0.15, 0.2) is 0 Å². The molecule has 0 saturated heterocycles. The maximum absolute atomic E-state index is 7.86. The summed E-state index contributed by atoms with van der Waals surface area (Å²) in [4.78, 5) is 0. The predicted octanol–water partition coefficient (Wildman–Crippen LogP) is 0.573. The summed E-state index contributed by atoms with van der Waals surface area (Å²) in [6.07, 6.45) is 1.25. The van der Waals surface area contributed by atoms with Gasteiger partial charge in [-0.3, -0.25) is 5.73 Å². The van der Waals surface area contributed by atoms with Crippen molar-refractivity contribution in [1.82, 2.24) is 5.73 Å². The maximum Gasteiger partial charge on any atom is 0.0622 e. The molecule has 0 aromatic rings. The highest BCUT2D eigenvalue weighted by atomic mass is 14.5. The molecule has 6 heavy (non-hydrogen) atoms. The van der Waals surface area contributed by atoms with Crippen molar-refractivity contribution in [2.45, 2.75) is 12.8 Å². The monoisotopic (exact) mass is 83.1 g/mol. The molecule has 0 spiro atoms. The molecule has 1 radical (unpaired) electrons. The van der Waals surface area contributed by atoms with Crippen molar-refractivity contribution in [3.8, 4) is 6.07 Å². The first kappa shape index (κ1) is 5.45. The lowest BCUT2D eigenvalue weighted by Gasteiger charge is -1.77. The summed E-state index contributed by atoms with van der Waals surface area (Å²) in [6.45, 7) is 0.383. The van der Waals surface area contributed by atoms with Crippen LogP contribution in [0.25, 0.3) is 0 Å². The second-order valence-electron chi connectivity index (χ2n) is 1.01. The highest BCUT2D eigenvalue weighted by Gasteiger charge is 1.75. The Morgan fingerprint density at radius 2 is 2.33 bits per heavy atom. The molecule has 0 rings (SSSR count). The van der Waals surface area contributed by atoms with E-state index in [1.54, 1.807) is 0 Å². The first-order chi connectivity index (χ1) is 2.91. The highest BCUT2D eigenvalue weighted by molar-refractivity contribution is 4.67. The van der Waals surface area contributed by atoms with Crippen molar-refractivity contribution in [3.05, 3.63) is 0 Å². The van der Waals surface area contributed by atoms with Crippen LogP contribution in [0, 0.1) is 11.3 Å². The summed E-state index contributed by atoms with van der Waals surface area (Å²) < 4.78 is 0. The molecule has 0 saturated carbocycles. The number of hydrogen-bond donors (Lipinski definition) is 0. The van der Waals surface area contributed by atoms with Gasteiger partial charge in [-0.25, -0.2) is 0 Å². The number of nitriles is 1. The average molecular weight is 83.1 g/mol. The smallest absolute Gasteiger partial charge is 0.0622 e. The van der Waals surface area contributed by atoms with Gasteiger partial charge < -0.3 is 0 Å². The first-order valence-corrected chi connectivity index (χ1v) is 1.93. The Morgan fingerprint density at radius 3 is 2.50 bits per heavy atom. The van der Waals surface area contributed by atoms with Gasteiger partial charge in [-0.15, -0.1) is 0 Å². The molecule has 0 atom stereocenters. The Morgan fingerprint density at radius 1 is 1.67 bits per heavy atom. The number of hydrogen-bond acceptors (Lipinski definition) is 1. The summed E-state index contributed by atoms with van der Waals surface area (Å²) in [5.41, 5.74) is 6.55. The quantitative estimate of drug-likeness (QED) is 0.450. The van der Waals surface area contributed by atoms with Crippen LogP contribution in [-0.2, 0) is 0 Å². The van der Waals surface area contributed by atoms with E-state index in [2.05, 4.69) is 0 Å². The number of unbranched alkanes of at least 4 members (excludes halogenated alkanes) is 1. The Bertz CT molecular complexity index is 53.1. The Labute approximate surface area is 37.6 Å². The molecule has 33 valence electrons. The van der Waals surface area contributed by atoms with Crippen molar-refractivity contribution in [2.24, 2.45) is 0 Å². The Kier molecular flexibility index (Phi) is 4.04. The molecule has 2 heteroatoms. The van der Waals surface area contributed by atoms with E-state index in [9.17, 15) is 0 Å². The van der Waals surface area contributed by atoms with Gasteiger partial charge in [0.25, 0.3) is 0 Å². The average Bonchev–Trinajstić information content (AvgIpc) is 1.61. The van der Waals surface area contributed by atoms with Gasteiger partial charge >= 0.3 is 0 Å². The Balaban J connectivity index is 2.54. The Hall–Kier alpha value is -0.550. The van der Waals surface area contributed by atoms with Gasteiger partial charge in [-0.05, 0) is 6.42 Å². The second-order valence-corrected chi connectivity index (χ2v) is 1.01. The highest BCUT2D eigenvalue weighted by Crippen LogP contribution is 1.78. The third kappa shape index (κ3) is 3.45. The van der Waals surface area contributed by atoms with Crippen LogP contribution in [0.1, 0.15) is 12.8 Å². The molecule has 0 aromatic heterocycles. The van der Waals surface area contributed by atoms with Gasteiger partial charge in [0.05, 0.1) is 6.07 Å². The third-order valence-corrected chi connectivity index (χ3v) is 0.465. The summed E-state index contributed by atoms with van der Waals surface area (Å²) in [6, 6.07) is 1.95. The minimum absolute atomic E-state index is 0.383. The molecule has 0 aliphatic carbocycles. The van der Waals surface area contributed by atoms with E-state index in [0.29, 0.717) is 13.0 Å². The van der Waals surface area contributed by atoms with E-state index >= 15 is 0 Å². The van der Waals surface area contributed by atoms with E-state index in [4.69, 9.17) is 11.0 Å². The largest absolute Gasteiger partial charge is 0.258 e. The molecule has 0 bridgehead atoms. The van der Waals surface area contributed by atoms with E-state index in [1.165, 1.54) is 0 Å². The molecule has 0 aliphatic rings. The van der Waals surface area contributed by atoms with Gasteiger partial charge in [-0.1, -0.05) is 0 Å². The topological polar surface area (TPSA) is 47.6 Å². The fraction of sp³-hybridized carbons (Fsp3) is 0.750. The fourth-order valence-electron chi connectivity index (χ4n) is 0.167. The minimum Gasteiger partial charge on any atom is -0.258 e. The van der Waals surface area contributed by atoms with Crippen molar-refractivity contribution in [2.75, 3.05) is 6.54 Å². The molecule has 2 nitrogen and oxygen atoms in total. The van der Waals surface area contributed by atoms with Gasteiger partial charge in [0.2, 0.25) is 0 Å². The number of nitrogens with zero attached hydrogens (tertiary/aromatic N) is 1. The molecule has 0 unspecified atom stereocenters. The summed E-state index contributed by atoms with van der Waals surface area (Å²) in [5, 5.41) is 7.86. The molecular formula is C4H7N2. The zero-order valence-electron chi connectivity index (χ0n) is 3.57. The molecule has 0 heterocycles. The fourth-order valence-corrected chi connectivity index (χ4v) is 0.167. The van der Waals surface area contributed by atoms with Gasteiger partial charge in [0.1, 0.15) is 0 Å². The van der Waals surface area contributed by atoms with Crippen molar-refractivity contribution in [3.63, 3.8) is 0 Å². The van der Waals surface area contributed by atoms with Gasteiger partial charge in [0, 0.05) is 13.0 Å². The summed E-state index contributed by atoms with van der Waals surface area (Å²) >= 11 is 0. The van der Waals surface area contributed by atoms with Gasteiger partial charge in [-0.2, -0.15) is 5.26 Å². The summed E-state index contributed by atoms with van der Waals surface area (Å²) in [5.74, 6) is 0. The zero-order chi connectivity index (χ0) is 4.83. The lowest BCUT2D eigenvalue weighted by molar-refractivity contribution is 0.844. The lowest BCUT2D eigenvalue weighted by Crippen LogP contribution is -1.80. The van der Waals surface area contributed by atoms with Crippen LogP contribution < -0.4 is 5.73 Å². The number of nitrogens with one attached hydrogen (secondary N) is 1. The van der Waals surface area contributed by atoms with E-state index in [1.807, 2.05) is 6.07 Å². The third-order valence-electron chi connectivity index (χ3n) is 0.465. The van der Waals surface area contributed by atoms with E-state index in [-0.39, 0.29) is 0 Å². The summed E-state index contributed by atoms with van der Waals surface area (Å²) in [7, 11) is 0. The van der Waals surface area contributed by atoms with E-state index < -0.39 is 0 Å². The van der Waals surface area contributed by atoms with Crippen molar-refractivity contribution in [1.29, 1.82) is 5.26 Å². The van der Waals surface area contributed by atoms with Crippen LogP contribution in [0.5, 0.6) is 0 Å². The maximum atomic E-state index is 7.86. The molecule has 1 N–H and O–H groups in total. The van der Waals surface area contributed by atoms with Crippen LogP contribution in [0.3, 0.4) is 0 Å². The molecule has 0 fully saturated rings. The SMILES string of the molecule is N#CCCC[NH]. The first-order valence-electron chi connectivity index (χ1n) is 1.93. The van der Waals surface area contributed by atoms with Crippen molar-refractivity contribution >= 4 is 0 Å².